The molecule has 148 valence electrons. The summed E-state index contributed by atoms with van der Waals surface area (Å²) < 4.78 is 5.29. The summed E-state index contributed by atoms with van der Waals surface area (Å²) in [5, 5.41) is 2.66. The average molecular weight is 376 g/mol. The number of carbonyl (C=O) groups excluding carboxylic acids is 3. The van der Waals surface area contributed by atoms with E-state index in [1.54, 1.807) is 20.8 Å². The molecular weight excluding hydrogens is 348 g/mol. The van der Waals surface area contributed by atoms with E-state index in [4.69, 9.17) is 10.6 Å². The predicted octanol–water partition coefficient (Wildman–Crippen LogP) is 1.10. The maximum atomic E-state index is 13.1. The van der Waals surface area contributed by atoms with Crippen LogP contribution in [0.5, 0.6) is 0 Å². The minimum Gasteiger partial charge on any atom is -0.444 e. The van der Waals surface area contributed by atoms with E-state index in [1.165, 1.54) is 4.90 Å². The van der Waals surface area contributed by atoms with Gasteiger partial charge in [0.1, 0.15) is 17.7 Å². The van der Waals surface area contributed by atoms with Crippen LogP contribution >= 0.6 is 0 Å². The van der Waals surface area contributed by atoms with E-state index in [9.17, 15) is 14.4 Å². The number of carbonyl (C=O) groups is 3. The highest BCUT2D eigenvalue weighted by molar-refractivity contribution is 5.91. The van der Waals surface area contributed by atoms with Gasteiger partial charge in [-0.25, -0.2) is 10.6 Å². The van der Waals surface area contributed by atoms with Gasteiger partial charge < -0.3 is 15.0 Å². The van der Waals surface area contributed by atoms with E-state index in [2.05, 4.69) is 10.7 Å². The SMILES string of the molecule is CC(C)(C)OC(=O)N[C@@H](Cc1ccccc1)C(=O)N1CCC[C@H]1C(=O)NN. The summed E-state index contributed by atoms with van der Waals surface area (Å²) in [5.74, 6) is 4.51. The highest BCUT2D eigenvalue weighted by Gasteiger charge is 2.37. The van der Waals surface area contributed by atoms with Gasteiger partial charge >= 0.3 is 6.09 Å². The van der Waals surface area contributed by atoms with Crippen molar-refractivity contribution < 1.29 is 19.1 Å². The summed E-state index contributed by atoms with van der Waals surface area (Å²) in [5.41, 5.74) is 2.32. The molecule has 0 bridgehead atoms. The van der Waals surface area contributed by atoms with Crippen LogP contribution in [0.15, 0.2) is 30.3 Å². The molecule has 0 spiro atoms. The molecule has 0 aliphatic carbocycles. The van der Waals surface area contributed by atoms with Crippen molar-refractivity contribution in [2.24, 2.45) is 5.84 Å². The summed E-state index contributed by atoms with van der Waals surface area (Å²) in [6.07, 6.45) is 0.871. The van der Waals surface area contributed by atoms with Crippen molar-refractivity contribution in [1.29, 1.82) is 0 Å². The number of rotatable bonds is 5. The lowest BCUT2D eigenvalue weighted by atomic mass is 10.0. The number of nitrogens with zero attached hydrogens (tertiary/aromatic N) is 1. The van der Waals surface area contributed by atoms with Crippen LogP contribution in [-0.2, 0) is 20.7 Å². The molecule has 1 saturated heterocycles. The number of nitrogens with one attached hydrogen (secondary N) is 2. The number of hydrogen-bond donors (Lipinski definition) is 3. The van der Waals surface area contributed by atoms with Crippen LogP contribution < -0.4 is 16.6 Å². The number of amides is 3. The van der Waals surface area contributed by atoms with Gasteiger partial charge in [-0.15, -0.1) is 0 Å². The fraction of sp³-hybridized carbons (Fsp3) is 0.526. The number of hydrazine groups is 1. The van der Waals surface area contributed by atoms with Gasteiger partial charge in [-0.3, -0.25) is 15.0 Å². The average Bonchev–Trinajstić information content (AvgIpc) is 3.08. The van der Waals surface area contributed by atoms with Crippen molar-refractivity contribution >= 4 is 17.9 Å². The first-order valence-electron chi connectivity index (χ1n) is 9.05. The smallest absolute Gasteiger partial charge is 0.408 e. The Morgan fingerprint density at radius 3 is 2.52 bits per heavy atom. The fourth-order valence-corrected chi connectivity index (χ4v) is 3.10. The molecule has 1 aliphatic rings. The largest absolute Gasteiger partial charge is 0.444 e. The topological polar surface area (TPSA) is 114 Å². The molecule has 0 unspecified atom stereocenters. The number of nitrogens with two attached hydrogens (primary N) is 1. The zero-order chi connectivity index (χ0) is 20.0. The molecule has 1 aliphatic heterocycles. The third-order valence-corrected chi connectivity index (χ3v) is 4.25. The molecule has 1 aromatic carbocycles. The molecule has 27 heavy (non-hydrogen) atoms. The molecule has 2 atom stereocenters. The fourth-order valence-electron chi connectivity index (χ4n) is 3.10. The second-order valence-corrected chi connectivity index (χ2v) is 7.59. The van der Waals surface area contributed by atoms with E-state index < -0.39 is 29.7 Å². The van der Waals surface area contributed by atoms with E-state index in [-0.39, 0.29) is 5.91 Å². The summed E-state index contributed by atoms with van der Waals surface area (Å²) >= 11 is 0. The van der Waals surface area contributed by atoms with Crippen LogP contribution in [0, 0.1) is 0 Å². The standard InChI is InChI=1S/C19H28N4O4/c1-19(2,3)27-18(26)21-14(12-13-8-5-4-6-9-13)17(25)23-11-7-10-15(23)16(24)22-20/h4-6,8-9,14-15H,7,10-12,20H2,1-3H3,(H,21,26)(H,22,24)/t14-,15-/m0/s1. The first-order valence-corrected chi connectivity index (χ1v) is 9.05. The Morgan fingerprint density at radius 1 is 1.26 bits per heavy atom. The highest BCUT2D eigenvalue weighted by Crippen LogP contribution is 2.20. The molecular formula is C19H28N4O4. The quantitative estimate of drug-likeness (QED) is 0.405. The predicted molar refractivity (Wildman–Crippen MR) is 100 cm³/mol. The van der Waals surface area contributed by atoms with Crippen molar-refractivity contribution in [3.8, 4) is 0 Å². The molecule has 1 aromatic rings. The first-order chi connectivity index (χ1) is 12.7. The van der Waals surface area contributed by atoms with Gasteiger partial charge in [-0.2, -0.15) is 0 Å². The second-order valence-electron chi connectivity index (χ2n) is 7.59. The molecule has 0 aromatic heterocycles. The Morgan fingerprint density at radius 2 is 1.93 bits per heavy atom. The Bertz CT molecular complexity index is 672. The molecule has 3 amide bonds. The minimum atomic E-state index is -0.839. The van der Waals surface area contributed by atoms with E-state index >= 15 is 0 Å². The van der Waals surface area contributed by atoms with Gasteiger partial charge in [-0.1, -0.05) is 30.3 Å². The number of benzene rings is 1. The van der Waals surface area contributed by atoms with Crippen LogP contribution in [0.1, 0.15) is 39.2 Å². The number of alkyl carbamates (subject to hydrolysis) is 1. The van der Waals surface area contributed by atoms with Crippen molar-refractivity contribution in [2.75, 3.05) is 6.54 Å². The minimum absolute atomic E-state index is 0.298. The Balaban J connectivity index is 2.18. The van der Waals surface area contributed by atoms with E-state index in [1.807, 2.05) is 30.3 Å². The summed E-state index contributed by atoms with van der Waals surface area (Å²) in [6, 6.07) is 7.91. The molecule has 2 rings (SSSR count). The van der Waals surface area contributed by atoms with Gasteiger partial charge in [0.15, 0.2) is 0 Å². The normalized spacial score (nSPS) is 17.9. The number of hydrogen-bond acceptors (Lipinski definition) is 5. The van der Waals surface area contributed by atoms with Gasteiger partial charge in [0, 0.05) is 13.0 Å². The summed E-state index contributed by atoms with van der Waals surface area (Å²) in [4.78, 5) is 38.8. The van der Waals surface area contributed by atoms with Crippen LogP contribution in [0.4, 0.5) is 4.79 Å². The van der Waals surface area contributed by atoms with E-state index in [0.29, 0.717) is 25.8 Å². The Hall–Kier alpha value is -2.61. The molecule has 8 heteroatoms. The van der Waals surface area contributed by atoms with Crippen molar-refractivity contribution in [3.05, 3.63) is 35.9 Å². The van der Waals surface area contributed by atoms with Crippen LogP contribution in [0.3, 0.4) is 0 Å². The van der Waals surface area contributed by atoms with Gasteiger partial charge in [0.2, 0.25) is 5.91 Å². The molecule has 1 heterocycles. The Kier molecular flexibility index (Phi) is 6.79. The lowest BCUT2D eigenvalue weighted by molar-refractivity contribution is -0.140. The molecule has 0 saturated carbocycles. The van der Waals surface area contributed by atoms with Crippen LogP contribution in [0.25, 0.3) is 0 Å². The van der Waals surface area contributed by atoms with Crippen LogP contribution in [-0.4, -0.2) is 47.0 Å². The van der Waals surface area contributed by atoms with Gasteiger partial charge in [-0.05, 0) is 39.2 Å². The zero-order valence-corrected chi connectivity index (χ0v) is 16.0. The third kappa shape index (κ3) is 5.96. The third-order valence-electron chi connectivity index (χ3n) is 4.25. The zero-order valence-electron chi connectivity index (χ0n) is 16.0. The second kappa shape index (κ2) is 8.85. The number of ether oxygens (including phenoxy) is 1. The lowest BCUT2D eigenvalue weighted by Gasteiger charge is -2.29. The number of likely N-dealkylation sites (tertiary alicyclic amines) is 1. The lowest BCUT2D eigenvalue weighted by Crippen LogP contribution is -2.55. The van der Waals surface area contributed by atoms with Gasteiger partial charge in [0.05, 0.1) is 0 Å². The molecule has 1 fully saturated rings. The summed E-state index contributed by atoms with van der Waals surface area (Å²) in [6.45, 7) is 5.70. The molecule has 4 N–H and O–H groups in total. The van der Waals surface area contributed by atoms with Gasteiger partial charge in [0.25, 0.3) is 5.91 Å². The maximum Gasteiger partial charge on any atom is 0.408 e. The van der Waals surface area contributed by atoms with Crippen molar-refractivity contribution in [2.45, 2.75) is 57.7 Å². The Labute approximate surface area is 159 Å². The maximum absolute atomic E-state index is 13.1. The molecule has 0 radical (unpaired) electrons. The van der Waals surface area contributed by atoms with E-state index in [0.717, 1.165) is 5.56 Å². The molecule has 8 nitrogen and oxygen atoms in total. The first kappa shape index (κ1) is 20.7. The highest BCUT2D eigenvalue weighted by atomic mass is 16.6. The van der Waals surface area contributed by atoms with Crippen molar-refractivity contribution in [1.82, 2.24) is 15.6 Å². The van der Waals surface area contributed by atoms with Crippen LogP contribution in [0.2, 0.25) is 0 Å². The summed E-state index contributed by atoms with van der Waals surface area (Å²) in [7, 11) is 0. The monoisotopic (exact) mass is 376 g/mol. The van der Waals surface area contributed by atoms with Crippen molar-refractivity contribution in [3.63, 3.8) is 0 Å².